The molecule has 5 rings (SSSR count). The Morgan fingerprint density at radius 3 is 2.90 bits per heavy atom. The minimum absolute atomic E-state index is 0.121. The average Bonchev–Trinajstić information content (AvgIpc) is 3.34. The third-order valence-corrected chi connectivity index (χ3v) is 4.71. The number of nitrogens with one attached hydrogen (secondary N) is 1. The van der Waals surface area contributed by atoms with E-state index in [9.17, 15) is 9.50 Å². The van der Waals surface area contributed by atoms with Gasteiger partial charge in [0.05, 0.1) is 24.6 Å². The van der Waals surface area contributed by atoms with Crippen molar-refractivity contribution in [3.63, 3.8) is 0 Å². The summed E-state index contributed by atoms with van der Waals surface area (Å²) in [5.41, 5.74) is 3.96. The zero-order valence-corrected chi connectivity index (χ0v) is 15.9. The summed E-state index contributed by atoms with van der Waals surface area (Å²) < 4.78 is 17.5. The molecule has 0 saturated carbocycles. The van der Waals surface area contributed by atoms with Crippen LogP contribution < -0.4 is 5.32 Å². The maximum Gasteiger partial charge on any atom is 0.177 e. The molecule has 0 amide bonds. The van der Waals surface area contributed by atoms with Crippen LogP contribution in [0.5, 0.6) is 0 Å². The fraction of sp³-hybridized carbons (Fsp3) is 0.150. The molecule has 0 aliphatic carbocycles. The minimum Gasteiger partial charge on any atom is -0.372 e. The Hall–Kier alpha value is -3.92. The third kappa shape index (κ3) is 3.33. The van der Waals surface area contributed by atoms with Crippen LogP contribution in [-0.4, -0.2) is 45.7 Å². The van der Waals surface area contributed by atoms with Crippen LogP contribution in [-0.2, 0) is 6.54 Å². The SMILES string of the molecule is Cc1ccc(-c2cnc3cnn(CC(O)Nc4ccn5ncnc5c4)c3n2)c(F)c1. The monoisotopic (exact) mass is 404 g/mol. The number of halogens is 1. The van der Waals surface area contributed by atoms with Crippen molar-refractivity contribution >= 4 is 22.5 Å². The number of aromatic nitrogens is 7. The molecular formula is C20H17FN8O. The molecule has 150 valence electrons. The van der Waals surface area contributed by atoms with Gasteiger partial charge in [-0.2, -0.15) is 10.2 Å². The van der Waals surface area contributed by atoms with E-state index in [2.05, 4.69) is 30.5 Å². The Morgan fingerprint density at radius 2 is 2.03 bits per heavy atom. The molecule has 10 heteroatoms. The summed E-state index contributed by atoms with van der Waals surface area (Å²) in [6, 6.07) is 8.51. The van der Waals surface area contributed by atoms with Crippen molar-refractivity contribution in [1.29, 1.82) is 0 Å². The molecule has 4 aromatic heterocycles. The second-order valence-corrected chi connectivity index (χ2v) is 6.91. The summed E-state index contributed by atoms with van der Waals surface area (Å²) in [4.78, 5) is 13.0. The van der Waals surface area contributed by atoms with Gasteiger partial charge < -0.3 is 10.4 Å². The van der Waals surface area contributed by atoms with Crippen molar-refractivity contribution in [2.45, 2.75) is 19.7 Å². The summed E-state index contributed by atoms with van der Waals surface area (Å²) in [5.74, 6) is -0.361. The topological polar surface area (TPSA) is 106 Å². The van der Waals surface area contributed by atoms with Gasteiger partial charge in [-0.3, -0.25) is 0 Å². The molecule has 9 nitrogen and oxygen atoms in total. The highest BCUT2D eigenvalue weighted by atomic mass is 19.1. The molecule has 0 aliphatic rings. The lowest BCUT2D eigenvalue weighted by Gasteiger charge is -2.14. The van der Waals surface area contributed by atoms with Crippen molar-refractivity contribution < 1.29 is 9.50 Å². The first-order valence-electron chi connectivity index (χ1n) is 9.26. The van der Waals surface area contributed by atoms with Crippen LogP contribution in [0, 0.1) is 12.7 Å². The first kappa shape index (κ1) is 18.1. The molecular weight excluding hydrogens is 387 g/mol. The zero-order chi connectivity index (χ0) is 20.7. The smallest absolute Gasteiger partial charge is 0.177 e. The molecule has 0 radical (unpaired) electrons. The lowest BCUT2D eigenvalue weighted by Crippen LogP contribution is -2.25. The zero-order valence-electron chi connectivity index (χ0n) is 15.9. The van der Waals surface area contributed by atoms with Crippen molar-refractivity contribution in [3.05, 3.63) is 66.6 Å². The van der Waals surface area contributed by atoms with E-state index in [1.807, 2.05) is 13.0 Å². The molecule has 1 unspecified atom stereocenters. The fourth-order valence-corrected chi connectivity index (χ4v) is 3.25. The second-order valence-electron chi connectivity index (χ2n) is 6.91. The van der Waals surface area contributed by atoms with Gasteiger partial charge in [-0.05, 0) is 30.7 Å². The Balaban J connectivity index is 1.41. The lowest BCUT2D eigenvalue weighted by atomic mass is 10.1. The van der Waals surface area contributed by atoms with Gasteiger partial charge in [-0.1, -0.05) is 6.07 Å². The van der Waals surface area contributed by atoms with Crippen LogP contribution in [0.15, 0.2) is 55.2 Å². The van der Waals surface area contributed by atoms with E-state index >= 15 is 0 Å². The second kappa shape index (κ2) is 7.16. The quantitative estimate of drug-likeness (QED) is 0.433. The van der Waals surface area contributed by atoms with Gasteiger partial charge >= 0.3 is 0 Å². The highest BCUT2D eigenvalue weighted by Crippen LogP contribution is 2.23. The summed E-state index contributed by atoms with van der Waals surface area (Å²) in [6.07, 6.45) is 5.34. The van der Waals surface area contributed by atoms with E-state index in [1.165, 1.54) is 23.3 Å². The van der Waals surface area contributed by atoms with Gasteiger partial charge in [0.15, 0.2) is 11.3 Å². The molecule has 4 heterocycles. The summed E-state index contributed by atoms with van der Waals surface area (Å²) in [5, 5.41) is 21.8. The number of rotatable bonds is 5. The number of benzene rings is 1. The molecule has 2 N–H and O–H groups in total. The number of nitrogens with zero attached hydrogens (tertiary/aromatic N) is 7. The van der Waals surface area contributed by atoms with Crippen LogP contribution in [0.25, 0.3) is 28.1 Å². The number of anilines is 1. The number of hydrogen-bond acceptors (Lipinski definition) is 7. The highest BCUT2D eigenvalue weighted by Gasteiger charge is 2.14. The Bertz CT molecular complexity index is 1360. The molecule has 0 aliphatic heterocycles. The Morgan fingerprint density at radius 1 is 1.13 bits per heavy atom. The van der Waals surface area contributed by atoms with Gasteiger partial charge in [-0.15, -0.1) is 0 Å². The molecule has 0 saturated heterocycles. The van der Waals surface area contributed by atoms with Crippen LogP contribution >= 0.6 is 0 Å². The molecule has 0 bridgehead atoms. The number of fused-ring (bicyclic) bond motifs is 2. The average molecular weight is 404 g/mol. The van der Waals surface area contributed by atoms with Gasteiger partial charge in [0, 0.05) is 23.5 Å². The molecule has 0 spiro atoms. The van der Waals surface area contributed by atoms with E-state index in [0.717, 1.165) is 5.56 Å². The molecule has 1 aromatic carbocycles. The number of aliphatic hydroxyl groups excluding tert-OH is 1. The minimum atomic E-state index is -0.944. The number of aryl methyl sites for hydroxylation is 1. The van der Waals surface area contributed by atoms with Gasteiger partial charge in [-0.25, -0.2) is 28.5 Å². The van der Waals surface area contributed by atoms with Gasteiger partial charge in [0.25, 0.3) is 0 Å². The van der Waals surface area contributed by atoms with E-state index in [-0.39, 0.29) is 12.4 Å². The van der Waals surface area contributed by atoms with E-state index in [0.29, 0.717) is 33.8 Å². The molecule has 1 atom stereocenters. The standard InChI is InChI=1S/C20H17FN8O/c1-12-2-3-14(15(21)6-12)16-8-22-17-9-24-29(20(17)27-16)10-19(30)26-13-4-5-28-18(7-13)23-11-25-28/h2-9,11,19,26,30H,10H2,1H3. The Kier molecular flexibility index (Phi) is 4.32. The van der Waals surface area contributed by atoms with E-state index < -0.39 is 6.23 Å². The predicted octanol–water partition coefficient (Wildman–Crippen LogP) is 2.41. The summed E-state index contributed by atoms with van der Waals surface area (Å²) in [6.45, 7) is 1.95. The fourth-order valence-electron chi connectivity index (χ4n) is 3.25. The molecule has 5 aromatic rings. The normalized spacial score (nSPS) is 12.5. The largest absolute Gasteiger partial charge is 0.372 e. The van der Waals surface area contributed by atoms with Gasteiger partial charge in [0.1, 0.15) is 23.9 Å². The van der Waals surface area contributed by atoms with Crippen molar-refractivity contribution in [2.24, 2.45) is 0 Å². The van der Waals surface area contributed by atoms with E-state index in [4.69, 9.17) is 0 Å². The van der Waals surface area contributed by atoms with Crippen LogP contribution in [0.1, 0.15) is 5.56 Å². The summed E-state index contributed by atoms with van der Waals surface area (Å²) >= 11 is 0. The maximum atomic E-state index is 14.4. The number of hydrogen-bond donors (Lipinski definition) is 2. The van der Waals surface area contributed by atoms with Crippen LogP contribution in [0.2, 0.25) is 0 Å². The molecule has 0 fully saturated rings. The van der Waals surface area contributed by atoms with Crippen molar-refractivity contribution in [2.75, 3.05) is 5.32 Å². The third-order valence-electron chi connectivity index (χ3n) is 4.71. The number of pyridine rings is 1. The highest BCUT2D eigenvalue weighted by molar-refractivity contribution is 5.73. The van der Waals surface area contributed by atoms with E-state index in [1.54, 1.807) is 35.1 Å². The first-order valence-corrected chi connectivity index (χ1v) is 9.26. The molecule has 30 heavy (non-hydrogen) atoms. The summed E-state index contributed by atoms with van der Waals surface area (Å²) in [7, 11) is 0. The Labute approximate surface area is 169 Å². The van der Waals surface area contributed by atoms with Crippen molar-refractivity contribution in [3.8, 4) is 11.3 Å². The maximum absolute atomic E-state index is 14.4. The first-order chi connectivity index (χ1) is 14.6. The van der Waals surface area contributed by atoms with Crippen LogP contribution in [0.3, 0.4) is 0 Å². The lowest BCUT2D eigenvalue weighted by molar-refractivity contribution is 0.178. The number of aliphatic hydroxyl groups is 1. The van der Waals surface area contributed by atoms with Crippen LogP contribution in [0.4, 0.5) is 10.1 Å². The van der Waals surface area contributed by atoms with Crippen molar-refractivity contribution in [1.82, 2.24) is 34.3 Å². The van der Waals surface area contributed by atoms with Gasteiger partial charge in [0.2, 0.25) is 0 Å². The predicted molar refractivity (Wildman–Crippen MR) is 108 cm³/mol.